The fourth-order valence-electron chi connectivity index (χ4n) is 1.16. The van der Waals surface area contributed by atoms with Crippen LogP contribution in [0.4, 0.5) is 0 Å². The standard InChI is InChI=1S/C11H16O4/c1-8(12)6-15-7-9-3-4-10(13)11(5-9)14-2/h3-5,8,12-13H,6-7H2,1-2H3. The smallest absolute Gasteiger partial charge is 0.160 e. The van der Waals surface area contributed by atoms with Gasteiger partial charge in [-0.15, -0.1) is 0 Å². The summed E-state index contributed by atoms with van der Waals surface area (Å²) < 4.78 is 10.2. The largest absolute Gasteiger partial charge is 0.504 e. The number of aliphatic hydroxyl groups is 1. The number of hydrogen-bond donors (Lipinski definition) is 2. The molecule has 0 saturated heterocycles. The molecule has 0 fully saturated rings. The Morgan fingerprint density at radius 2 is 2.13 bits per heavy atom. The first-order chi connectivity index (χ1) is 7.13. The number of methoxy groups -OCH3 is 1. The Labute approximate surface area is 89.1 Å². The van der Waals surface area contributed by atoms with E-state index < -0.39 is 6.10 Å². The van der Waals surface area contributed by atoms with E-state index in [9.17, 15) is 5.11 Å². The normalized spacial score (nSPS) is 12.5. The van der Waals surface area contributed by atoms with Gasteiger partial charge in [-0.2, -0.15) is 0 Å². The van der Waals surface area contributed by atoms with Gasteiger partial charge >= 0.3 is 0 Å². The third kappa shape index (κ3) is 3.77. The number of rotatable bonds is 5. The summed E-state index contributed by atoms with van der Waals surface area (Å²) in [6.45, 7) is 2.35. The highest BCUT2D eigenvalue weighted by Crippen LogP contribution is 2.26. The van der Waals surface area contributed by atoms with E-state index in [1.807, 2.05) is 0 Å². The van der Waals surface area contributed by atoms with Gasteiger partial charge in [-0.1, -0.05) is 6.07 Å². The molecule has 1 atom stereocenters. The van der Waals surface area contributed by atoms with E-state index in [2.05, 4.69) is 0 Å². The summed E-state index contributed by atoms with van der Waals surface area (Å²) in [5, 5.41) is 18.3. The van der Waals surface area contributed by atoms with Crippen molar-refractivity contribution in [3.8, 4) is 11.5 Å². The Bertz CT molecular complexity index is 309. The van der Waals surface area contributed by atoms with Gasteiger partial charge < -0.3 is 19.7 Å². The van der Waals surface area contributed by atoms with Gasteiger partial charge in [0.15, 0.2) is 11.5 Å². The fourth-order valence-corrected chi connectivity index (χ4v) is 1.16. The summed E-state index contributed by atoms with van der Waals surface area (Å²) >= 11 is 0. The molecule has 1 rings (SSSR count). The predicted molar refractivity (Wildman–Crippen MR) is 56.0 cm³/mol. The van der Waals surface area contributed by atoms with Crippen LogP contribution in [-0.4, -0.2) is 30.0 Å². The average Bonchev–Trinajstić information content (AvgIpc) is 2.20. The van der Waals surface area contributed by atoms with Crippen molar-refractivity contribution in [2.24, 2.45) is 0 Å². The summed E-state index contributed by atoms with van der Waals surface area (Å²) in [5.41, 5.74) is 0.894. The van der Waals surface area contributed by atoms with Gasteiger partial charge in [0, 0.05) is 0 Å². The molecule has 0 aliphatic rings. The van der Waals surface area contributed by atoms with Crippen LogP contribution in [0.1, 0.15) is 12.5 Å². The highest BCUT2D eigenvalue weighted by molar-refractivity contribution is 5.41. The van der Waals surface area contributed by atoms with Crippen molar-refractivity contribution in [2.45, 2.75) is 19.6 Å². The van der Waals surface area contributed by atoms with E-state index in [-0.39, 0.29) is 5.75 Å². The average molecular weight is 212 g/mol. The molecule has 4 nitrogen and oxygen atoms in total. The topological polar surface area (TPSA) is 58.9 Å². The summed E-state index contributed by atoms with van der Waals surface area (Å²) in [7, 11) is 1.50. The van der Waals surface area contributed by atoms with Crippen LogP contribution in [0.2, 0.25) is 0 Å². The predicted octanol–water partition coefficient (Wildman–Crippen LogP) is 1.30. The zero-order chi connectivity index (χ0) is 11.3. The lowest BCUT2D eigenvalue weighted by Crippen LogP contribution is -2.10. The fraction of sp³-hybridized carbons (Fsp3) is 0.455. The molecule has 0 aliphatic carbocycles. The summed E-state index contributed by atoms with van der Waals surface area (Å²) in [6, 6.07) is 5.01. The molecule has 1 unspecified atom stereocenters. The molecular weight excluding hydrogens is 196 g/mol. The lowest BCUT2D eigenvalue weighted by molar-refractivity contribution is 0.0375. The van der Waals surface area contributed by atoms with Crippen LogP contribution in [0.15, 0.2) is 18.2 Å². The minimum absolute atomic E-state index is 0.108. The van der Waals surface area contributed by atoms with E-state index in [0.29, 0.717) is 19.0 Å². The number of ether oxygens (including phenoxy) is 2. The Morgan fingerprint density at radius 1 is 1.40 bits per heavy atom. The third-order valence-electron chi connectivity index (χ3n) is 1.87. The van der Waals surface area contributed by atoms with Crippen LogP contribution in [0, 0.1) is 0 Å². The molecule has 2 N–H and O–H groups in total. The molecule has 0 aliphatic heterocycles. The van der Waals surface area contributed by atoms with Crippen LogP contribution >= 0.6 is 0 Å². The second-order valence-electron chi connectivity index (χ2n) is 3.37. The SMILES string of the molecule is COc1cc(COCC(C)O)ccc1O. The van der Waals surface area contributed by atoms with E-state index in [4.69, 9.17) is 14.6 Å². The van der Waals surface area contributed by atoms with Gasteiger partial charge in [-0.05, 0) is 24.6 Å². The Hall–Kier alpha value is -1.26. The lowest BCUT2D eigenvalue weighted by Gasteiger charge is -2.08. The second kappa shape index (κ2) is 5.58. The zero-order valence-corrected chi connectivity index (χ0v) is 8.93. The highest BCUT2D eigenvalue weighted by Gasteiger charge is 2.03. The molecule has 1 aromatic carbocycles. The van der Waals surface area contributed by atoms with Crippen LogP contribution in [0.3, 0.4) is 0 Å². The first kappa shape index (κ1) is 11.8. The van der Waals surface area contributed by atoms with Gasteiger partial charge in [-0.25, -0.2) is 0 Å². The maximum atomic E-state index is 9.34. The summed E-state index contributed by atoms with van der Waals surface area (Å²) in [4.78, 5) is 0. The van der Waals surface area contributed by atoms with Gasteiger partial charge in [-0.3, -0.25) is 0 Å². The Morgan fingerprint density at radius 3 is 2.73 bits per heavy atom. The maximum absolute atomic E-state index is 9.34. The minimum Gasteiger partial charge on any atom is -0.504 e. The number of phenols is 1. The number of hydrogen-bond acceptors (Lipinski definition) is 4. The quantitative estimate of drug-likeness (QED) is 0.772. The summed E-state index contributed by atoms with van der Waals surface area (Å²) in [6.07, 6.45) is -0.469. The van der Waals surface area contributed by atoms with Crippen LogP contribution < -0.4 is 4.74 Å². The first-order valence-corrected chi connectivity index (χ1v) is 4.75. The number of aromatic hydroxyl groups is 1. The van der Waals surface area contributed by atoms with Crippen LogP contribution in [0.25, 0.3) is 0 Å². The number of phenolic OH excluding ortho intramolecular Hbond substituents is 1. The molecule has 1 aromatic rings. The molecule has 0 saturated carbocycles. The van der Waals surface area contributed by atoms with E-state index >= 15 is 0 Å². The van der Waals surface area contributed by atoms with Crippen molar-refractivity contribution in [1.82, 2.24) is 0 Å². The summed E-state index contributed by atoms with van der Waals surface area (Å²) in [5.74, 6) is 0.532. The molecule has 0 heterocycles. The van der Waals surface area contributed by atoms with Crippen molar-refractivity contribution < 1.29 is 19.7 Å². The highest BCUT2D eigenvalue weighted by atomic mass is 16.5. The monoisotopic (exact) mass is 212 g/mol. The minimum atomic E-state index is -0.469. The Kier molecular flexibility index (Phi) is 4.39. The molecule has 0 radical (unpaired) electrons. The van der Waals surface area contributed by atoms with E-state index in [1.165, 1.54) is 7.11 Å². The maximum Gasteiger partial charge on any atom is 0.160 e. The van der Waals surface area contributed by atoms with Crippen molar-refractivity contribution in [1.29, 1.82) is 0 Å². The zero-order valence-electron chi connectivity index (χ0n) is 8.93. The van der Waals surface area contributed by atoms with E-state index in [0.717, 1.165) is 5.56 Å². The third-order valence-corrected chi connectivity index (χ3v) is 1.87. The lowest BCUT2D eigenvalue weighted by atomic mass is 10.2. The van der Waals surface area contributed by atoms with Gasteiger partial charge in [0.25, 0.3) is 0 Å². The Balaban J connectivity index is 2.54. The number of aliphatic hydroxyl groups excluding tert-OH is 1. The van der Waals surface area contributed by atoms with E-state index in [1.54, 1.807) is 25.1 Å². The van der Waals surface area contributed by atoms with Crippen molar-refractivity contribution in [3.05, 3.63) is 23.8 Å². The van der Waals surface area contributed by atoms with Gasteiger partial charge in [0.2, 0.25) is 0 Å². The second-order valence-corrected chi connectivity index (χ2v) is 3.37. The first-order valence-electron chi connectivity index (χ1n) is 4.75. The molecular formula is C11H16O4. The van der Waals surface area contributed by atoms with Crippen LogP contribution in [-0.2, 0) is 11.3 Å². The van der Waals surface area contributed by atoms with Crippen molar-refractivity contribution >= 4 is 0 Å². The van der Waals surface area contributed by atoms with Crippen molar-refractivity contribution in [2.75, 3.05) is 13.7 Å². The van der Waals surface area contributed by atoms with Gasteiger partial charge in [0.1, 0.15) is 0 Å². The molecule has 0 aromatic heterocycles. The number of benzene rings is 1. The molecule has 0 spiro atoms. The molecule has 15 heavy (non-hydrogen) atoms. The van der Waals surface area contributed by atoms with Crippen LogP contribution in [0.5, 0.6) is 11.5 Å². The van der Waals surface area contributed by atoms with Gasteiger partial charge in [0.05, 0.1) is 26.4 Å². The van der Waals surface area contributed by atoms with Crippen molar-refractivity contribution in [3.63, 3.8) is 0 Å². The molecule has 0 amide bonds. The molecule has 0 bridgehead atoms. The molecule has 84 valence electrons. The molecule has 4 heteroatoms.